The molecule has 0 bridgehead atoms. The minimum absolute atomic E-state index is 0.192. The van der Waals surface area contributed by atoms with Gasteiger partial charge in [-0.1, -0.05) is 25.5 Å². The fourth-order valence-corrected chi connectivity index (χ4v) is 2.55. The maximum Gasteiger partial charge on any atom is 0.228 e. The van der Waals surface area contributed by atoms with Crippen molar-refractivity contribution in [1.82, 2.24) is 0 Å². The summed E-state index contributed by atoms with van der Waals surface area (Å²) in [7, 11) is 0. The lowest BCUT2D eigenvalue weighted by Crippen LogP contribution is -2.20. The monoisotopic (exact) mass is 252 g/mol. The van der Waals surface area contributed by atoms with Gasteiger partial charge in [-0.2, -0.15) is 0 Å². The summed E-state index contributed by atoms with van der Waals surface area (Å²) >= 11 is 0. The van der Waals surface area contributed by atoms with Gasteiger partial charge < -0.3 is 9.47 Å². The minimum Gasteiger partial charge on any atom is -0.463 e. The second kappa shape index (κ2) is 6.74. The van der Waals surface area contributed by atoms with E-state index in [1.807, 2.05) is 12.1 Å². The van der Waals surface area contributed by atoms with E-state index in [1.54, 1.807) is 12.1 Å². The molecule has 18 heavy (non-hydrogen) atoms. The number of benzene rings is 1. The summed E-state index contributed by atoms with van der Waals surface area (Å²) in [5, 5.41) is 0. The van der Waals surface area contributed by atoms with Gasteiger partial charge in [-0.15, -0.1) is 0 Å². The van der Waals surface area contributed by atoms with Crippen LogP contribution in [-0.2, 0) is 4.74 Å². The summed E-state index contributed by atoms with van der Waals surface area (Å²) in [5.74, 6) is 1.29. The lowest BCUT2D eigenvalue weighted by molar-refractivity contribution is -0.0195. The number of hydrogen-bond donors (Lipinski definition) is 0. The Kier molecular flexibility index (Phi) is 5.00. The van der Waals surface area contributed by atoms with Gasteiger partial charge in [0.25, 0.3) is 0 Å². The molecule has 2 nitrogen and oxygen atoms in total. The molecule has 1 heterocycles. The van der Waals surface area contributed by atoms with Gasteiger partial charge in [-0.25, -0.2) is 4.39 Å². The smallest absolute Gasteiger partial charge is 0.228 e. The van der Waals surface area contributed by atoms with Crippen LogP contribution in [0.4, 0.5) is 4.39 Å². The summed E-state index contributed by atoms with van der Waals surface area (Å²) in [6, 6.07) is 7.54. The molecule has 1 aromatic rings. The Labute approximate surface area is 108 Å². The van der Waals surface area contributed by atoms with Gasteiger partial charge in [-0.3, -0.25) is 0 Å². The van der Waals surface area contributed by atoms with Crippen LogP contribution >= 0.6 is 0 Å². The van der Waals surface area contributed by atoms with Crippen LogP contribution in [0.25, 0.3) is 0 Å². The van der Waals surface area contributed by atoms with E-state index < -0.39 is 6.86 Å². The van der Waals surface area contributed by atoms with Crippen molar-refractivity contribution in [2.24, 2.45) is 5.92 Å². The second-order valence-corrected chi connectivity index (χ2v) is 4.88. The normalized spacial score (nSPS) is 23.9. The standard InChI is InChI=1S/C15H21FO2/c1-2-3-12-4-9-15(17-10-12)13-5-7-14(8-6-13)18-11-16/h5-8,12,15H,2-4,9-11H2,1H3. The third kappa shape index (κ3) is 3.45. The predicted octanol–water partition coefficient (Wildman–Crippen LogP) is 4.26. The van der Waals surface area contributed by atoms with E-state index in [4.69, 9.17) is 9.47 Å². The van der Waals surface area contributed by atoms with Gasteiger partial charge in [0.1, 0.15) is 5.75 Å². The molecule has 2 rings (SSSR count). The topological polar surface area (TPSA) is 18.5 Å². The molecule has 0 saturated carbocycles. The van der Waals surface area contributed by atoms with Crippen LogP contribution < -0.4 is 4.74 Å². The molecule has 1 aliphatic heterocycles. The van der Waals surface area contributed by atoms with Crippen LogP contribution in [-0.4, -0.2) is 13.5 Å². The van der Waals surface area contributed by atoms with Crippen molar-refractivity contribution in [1.29, 1.82) is 0 Å². The first kappa shape index (κ1) is 13.3. The van der Waals surface area contributed by atoms with Gasteiger partial charge >= 0.3 is 0 Å². The summed E-state index contributed by atoms with van der Waals surface area (Å²) in [6.07, 6.45) is 5.00. The Hall–Kier alpha value is -1.09. The number of hydrogen-bond acceptors (Lipinski definition) is 2. The van der Waals surface area contributed by atoms with Crippen molar-refractivity contribution in [3.05, 3.63) is 29.8 Å². The second-order valence-electron chi connectivity index (χ2n) is 4.88. The Morgan fingerprint density at radius 1 is 1.28 bits per heavy atom. The van der Waals surface area contributed by atoms with E-state index >= 15 is 0 Å². The Balaban J connectivity index is 1.89. The molecule has 0 N–H and O–H groups in total. The van der Waals surface area contributed by atoms with Crippen LogP contribution in [0.3, 0.4) is 0 Å². The predicted molar refractivity (Wildman–Crippen MR) is 69.4 cm³/mol. The summed E-state index contributed by atoms with van der Waals surface area (Å²) in [4.78, 5) is 0. The van der Waals surface area contributed by atoms with Crippen molar-refractivity contribution < 1.29 is 13.9 Å². The molecule has 0 radical (unpaired) electrons. The van der Waals surface area contributed by atoms with Crippen molar-refractivity contribution >= 4 is 0 Å². The molecule has 0 aromatic heterocycles. The van der Waals surface area contributed by atoms with Crippen LogP contribution in [0.2, 0.25) is 0 Å². The highest BCUT2D eigenvalue weighted by Gasteiger charge is 2.22. The maximum atomic E-state index is 12.0. The summed E-state index contributed by atoms with van der Waals surface area (Å²) in [6.45, 7) is 2.30. The van der Waals surface area contributed by atoms with Crippen LogP contribution in [0.1, 0.15) is 44.3 Å². The molecular formula is C15H21FO2. The van der Waals surface area contributed by atoms with Gasteiger partial charge in [0.15, 0.2) is 0 Å². The van der Waals surface area contributed by atoms with Crippen molar-refractivity contribution in [2.75, 3.05) is 13.5 Å². The van der Waals surface area contributed by atoms with Gasteiger partial charge in [0.05, 0.1) is 12.7 Å². The zero-order chi connectivity index (χ0) is 12.8. The fourth-order valence-electron chi connectivity index (χ4n) is 2.55. The van der Waals surface area contributed by atoms with Gasteiger partial charge in [0, 0.05) is 0 Å². The number of rotatable bonds is 5. The lowest BCUT2D eigenvalue weighted by Gasteiger charge is -2.29. The van der Waals surface area contributed by atoms with E-state index in [2.05, 4.69) is 6.92 Å². The highest BCUT2D eigenvalue weighted by Crippen LogP contribution is 2.32. The van der Waals surface area contributed by atoms with Crippen LogP contribution in [0.15, 0.2) is 24.3 Å². The van der Waals surface area contributed by atoms with Gasteiger partial charge in [-0.05, 0) is 42.9 Å². The average molecular weight is 252 g/mol. The fraction of sp³-hybridized carbons (Fsp3) is 0.600. The molecule has 3 heteroatoms. The number of ether oxygens (including phenoxy) is 2. The van der Waals surface area contributed by atoms with E-state index in [0.29, 0.717) is 5.75 Å². The SMILES string of the molecule is CCCC1CCC(c2ccc(OCF)cc2)OC1. The first-order chi connectivity index (χ1) is 8.83. The van der Waals surface area contributed by atoms with Crippen LogP contribution in [0.5, 0.6) is 5.75 Å². The molecule has 2 atom stereocenters. The molecule has 1 fully saturated rings. The lowest BCUT2D eigenvalue weighted by atomic mass is 9.92. The third-order valence-electron chi connectivity index (χ3n) is 3.54. The Bertz CT molecular complexity index is 342. The zero-order valence-corrected chi connectivity index (χ0v) is 10.9. The molecule has 0 aliphatic carbocycles. The quantitative estimate of drug-likeness (QED) is 0.779. The summed E-state index contributed by atoms with van der Waals surface area (Å²) in [5.41, 5.74) is 1.16. The average Bonchev–Trinajstić information content (AvgIpc) is 2.41. The molecular weight excluding hydrogens is 231 g/mol. The molecule has 0 amide bonds. The maximum absolute atomic E-state index is 12.0. The highest BCUT2D eigenvalue weighted by atomic mass is 19.1. The molecule has 1 saturated heterocycles. The molecule has 100 valence electrons. The molecule has 2 unspecified atom stereocenters. The Morgan fingerprint density at radius 2 is 2.06 bits per heavy atom. The summed E-state index contributed by atoms with van der Waals surface area (Å²) < 4.78 is 22.7. The third-order valence-corrected chi connectivity index (χ3v) is 3.54. The molecule has 1 aromatic carbocycles. The van der Waals surface area contributed by atoms with E-state index in [9.17, 15) is 4.39 Å². The van der Waals surface area contributed by atoms with Crippen molar-refractivity contribution in [3.63, 3.8) is 0 Å². The number of halogens is 1. The first-order valence-corrected chi connectivity index (χ1v) is 6.73. The van der Waals surface area contributed by atoms with E-state index in [1.165, 1.54) is 19.3 Å². The number of alkyl halides is 1. The van der Waals surface area contributed by atoms with Gasteiger partial charge in [0.2, 0.25) is 6.86 Å². The largest absolute Gasteiger partial charge is 0.463 e. The van der Waals surface area contributed by atoms with E-state index in [0.717, 1.165) is 24.5 Å². The van der Waals surface area contributed by atoms with Crippen molar-refractivity contribution in [3.8, 4) is 5.75 Å². The minimum atomic E-state index is -0.780. The highest BCUT2D eigenvalue weighted by molar-refractivity contribution is 5.28. The molecule has 0 spiro atoms. The first-order valence-electron chi connectivity index (χ1n) is 6.73. The van der Waals surface area contributed by atoms with E-state index in [-0.39, 0.29) is 6.10 Å². The van der Waals surface area contributed by atoms with Crippen LogP contribution in [0, 0.1) is 5.92 Å². The molecule has 1 aliphatic rings. The zero-order valence-electron chi connectivity index (χ0n) is 10.9. The Morgan fingerprint density at radius 3 is 2.61 bits per heavy atom. The van der Waals surface area contributed by atoms with Crippen molar-refractivity contribution in [2.45, 2.75) is 38.7 Å².